The summed E-state index contributed by atoms with van der Waals surface area (Å²) in [6, 6.07) is 7.56. The van der Waals surface area contributed by atoms with Gasteiger partial charge >= 0.3 is 0 Å². The summed E-state index contributed by atoms with van der Waals surface area (Å²) in [5.41, 5.74) is 3.05. The topological polar surface area (TPSA) is 65.0 Å². The molecule has 0 saturated heterocycles. The quantitative estimate of drug-likeness (QED) is 0.721. The average molecular weight is 323 g/mol. The summed E-state index contributed by atoms with van der Waals surface area (Å²) in [5.74, 6) is 0.599. The number of rotatable bonds is 2. The molecule has 0 unspecified atom stereocenters. The van der Waals surface area contributed by atoms with Gasteiger partial charge in [0.25, 0.3) is 0 Å². The smallest absolute Gasteiger partial charge is 0.188 e. The van der Waals surface area contributed by atoms with E-state index in [2.05, 4.69) is 15.0 Å². The summed E-state index contributed by atoms with van der Waals surface area (Å²) in [6.07, 6.45) is 3.91. The minimum atomic E-state index is 0.0303. The molecule has 0 fully saturated rings. The maximum atomic E-state index is 12.0. The lowest BCUT2D eigenvalue weighted by atomic mass is 10.1. The van der Waals surface area contributed by atoms with Gasteiger partial charge < -0.3 is 4.74 Å². The third-order valence-electron chi connectivity index (χ3n) is 3.65. The van der Waals surface area contributed by atoms with E-state index in [9.17, 15) is 4.79 Å². The molecule has 4 rings (SSSR count). The highest BCUT2D eigenvalue weighted by molar-refractivity contribution is 7.18. The van der Waals surface area contributed by atoms with E-state index in [1.165, 1.54) is 0 Å². The van der Waals surface area contributed by atoms with Gasteiger partial charge in [-0.25, -0.2) is 9.97 Å². The number of ketones is 1. The Balaban J connectivity index is 1.78. The third-order valence-corrected chi connectivity index (χ3v) is 4.88. The molecule has 0 amide bonds. The van der Waals surface area contributed by atoms with E-state index in [-0.39, 0.29) is 5.78 Å². The molecular weight excluding hydrogens is 310 g/mol. The molecule has 0 saturated carbocycles. The number of carbonyl (C=O) groups is 1. The molecule has 0 aliphatic carbocycles. The lowest BCUT2D eigenvalue weighted by molar-refractivity contribution is 0.0927. The molecule has 0 bridgehead atoms. The van der Waals surface area contributed by atoms with E-state index in [1.807, 2.05) is 31.2 Å². The van der Waals surface area contributed by atoms with Crippen LogP contribution in [0.4, 0.5) is 0 Å². The Hall–Kier alpha value is -2.60. The van der Waals surface area contributed by atoms with Crippen molar-refractivity contribution in [2.75, 3.05) is 6.61 Å². The van der Waals surface area contributed by atoms with Crippen LogP contribution in [0.1, 0.15) is 22.6 Å². The average Bonchev–Trinajstić information content (AvgIpc) is 2.98. The summed E-state index contributed by atoms with van der Waals surface area (Å²) in [7, 11) is 0. The van der Waals surface area contributed by atoms with Crippen molar-refractivity contribution in [3.05, 3.63) is 48.0 Å². The highest BCUT2D eigenvalue weighted by Gasteiger charge is 2.22. The molecule has 6 heteroatoms. The molecule has 3 aromatic heterocycles. The maximum Gasteiger partial charge on any atom is 0.188 e. The number of ether oxygens (including phenoxy) is 1. The molecule has 1 aliphatic heterocycles. The Morgan fingerprint density at radius 2 is 2.13 bits per heavy atom. The van der Waals surface area contributed by atoms with Gasteiger partial charge in [-0.15, -0.1) is 11.3 Å². The Morgan fingerprint density at radius 3 is 2.96 bits per heavy atom. The van der Waals surface area contributed by atoms with Crippen molar-refractivity contribution in [1.82, 2.24) is 15.0 Å². The van der Waals surface area contributed by atoms with E-state index in [4.69, 9.17) is 4.74 Å². The zero-order valence-electron chi connectivity index (χ0n) is 12.4. The summed E-state index contributed by atoms with van der Waals surface area (Å²) >= 11 is 1.55. The molecular formula is C17H13N3O2S. The lowest BCUT2D eigenvalue weighted by Crippen LogP contribution is -2.17. The van der Waals surface area contributed by atoms with Gasteiger partial charge in [-0.1, -0.05) is 0 Å². The second-order valence-corrected chi connectivity index (χ2v) is 6.24. The number of pyridine rings is 2. The third kappa shape index (κ3) is 2.51. The van der Waals surface area contributed by atoms with Gasteiger partial charge in [0.1, 0.15) is 16.5 Å². The number of aromatic nitrogens is 3. The van der Waals surface area contributed by atoms with Gasteiger partial charge in [0.15, 0.2) is 5.78 Å². The summed E-state index contributed by atoms with van der Waals surface area (Å²) in [4.78, 5) is 26.2. The van der Waals surface area contributed by atoms with Gasteiger partial charge in [0.05, 0.1) is 22.9 Å². The fraction of sp³-hybridized carbons (Fsp3) is 0.176. The Kier molecular flexibility index (Phi) is 3.38. The normalized spacial score (nSPS) is 13.5. The SMILES string of the molecule is Cc1nc(-c2cccnc2)sc1-c1ccc2c(n1)C(=O)CCO2. The molecule has 1 aliphatic rings. The van der Waals surface area contributed by atoms with Crippen molar-refractivity contribution >= 4 is 17.1 Å². The van der Waals surface area contributed by atoms with Gasteiger partial charge in [-0.05, 0) is 31.2 Å². The number of aryl methyl sites for hydroxylation is 1. The van der Waals surface area contributed by atoms with Crippen LogP contribution in [0.25, 0.3) is 21.1 Å². The molecule has 0 atom stereocenters. The monoisotopic (exact) mass is 323 g/mol. The van der Waals surface area contributed by atoms with Crippen LogP contribution >= 0.6 is 11.3 Å². The fourth-order valence-corrected chi connectivity index (χ4v) is 3.53. The van der Waals surface area contributed by atoms with Crippen molar-refractivity contribution in [2.45, 2.75) is 13.3 Å². The van der Waals surface area contributed by atoms with Crippen molar-refractivity contribution < 1.29 is 9.53 Å². The number of carbonyl (C=O) groups excluding carboxylic acids is 1. The van der Waals surface area contributed by atoms with Crippen molar-refractivity contribution in [3.63, 3.8) is 0 Å². The van der Waals surface area contributed by atoms with Crippen LogP contribution < -0.4 is 4.74 Å². The summed E-state index contributed by atoms with van der Waals surface area (Å²) < 4.78 is 5.49. The predicted molar refractivity (Wildman–Crippen MR) is 87.8 cm³/mol. The largest absolute Gasteiger partial charge is 0.491 e. The zero-order chi connectivity index (χ0) is 15.8. The standard InChI is InChI=1S/C17H13N3O2S/c1-10-16(23-17(19-10)11-3-2-7-18-9-11)12-4-5-14-15(20-12)13(21)6-8-22-14/h2-5,7,9H,6,8H2,1H3. The van der Waals surface area contributed by atoms with Crippen LogP contribution in [-0.2, 0) is 0 Å². The van der Waals surface area contributed by atoms with Gasteiger partial charge in [0, 0.05) is 24.4 Å². The lowest BCUT2D eigenvalue weighted by Gasteiger charge is -2.15. The van der Waals surface area contributed by atoms with Crippen LogP contribution in [0.3, 0.4) is 0 Å². The predicted octanol–water partition coefficient (Wildman–Crippen LogP) is 3.54. The highest BCUT2D eigenvalue weighted by Crippen LogP contribution is 2.35. The first kappa shape index (κ1) is 14.0. The number of Topliss-reactive ketones (excluding diaryl/α,β-unsaturated/α-hetero) is 1. The van der Waals surface area contributed by atoms with Gasteiger partial charge in [-0.3, -0.25) is 9.78 Å². The van der Waals surface area contributed by atoms with Crippen LogP contribution in [0.2, 0.25) is 0 Å². The second-order valence-electron chi connectivity index (χ2n) is 5.24. The zero-order valence-corrected chi connectivity index (χ0v) is 13.3. The Morgan fingerprint density at radius 1 is 1.22 bits per heavy atom. The number of fused-ring (bicyclic) bond motifs is 1. The molecule has 0 N–H and O–H groups in total. The molecule has 4 heterocycles. The first-order valence-electron chi connectivity index (χ1n) is 7.27. The van der Waals surface area contributed by atoms with E-state index < -0.39 is 0 Å². The summed E-state index contributed by atoms with van der Waals surface area (Å²) in [6.45, 7) is 2.38. The van der Waals surface area contributed by atoms with E-state index in [1.54, 1.807) is 23.7 Å². The molecule has 0 radical (unpaired) electrons. The fourth-order valence-electron chi connectivity index (χ4n) is 2.51. The molecule has 0 aromatic carbocycles. The Bertz CT molecular complexity index is 890. The molecule has 3 aromatic rings. The highest BCUT2D eigenvalue weighted by atomic mass is 32.1. The van der Waals surface area contributed by atoms with Crippen molar-refractivity contribution in [3.8, 4) is 26.9 Å². The van der Waals surface area contributed by atoms with Gasteiger partial charge in [-0.2, -0.15) is 0 Å². The number of hydrogen-bond donors (Lipinski definition) is 0. The molecule has 5 nitrogen and oxygen atoms in total. The van der Waals surface area contributed by atoms with E-state index in [0.717, 1.165) is 26.8 Å². The number of nitrogens with zero attached hydrogens (tertiary/aromatic N) is 3. The van der Waals surface area contributed by atoms with Crippen LogP contribution in [0, 0.1) is 6.92 Å². The minimum absolute atomic E-state index is 0.0303. The summed E-state index contributed by atoms with van der Waals surface area (Å²) in [5, 5.41) is 0.896. The molecule has 114 valence electrons. The van der Waals surface area contributed by atoms with Crippen LogP contribution in [-0.4, -0.2) is 27.3 Å². The second kappa shape index (κ2) is 5.55. The Labute approximate surface area is 137 Å². The first-order chi connectivity index (χ1) is 11.2. The van der Waals surface area contributed by atoms with Gasteiger partial charge in [0.2, 0.25) is 0 Å². The van der Waals surface area contributed by atoms with Crippen LogP contribution in [0.5, 0.6) is 5.75 Å². The molecule has 23 heavy (non-hydrogen) atoms. The number of hydrogen-bond acceptors (Lipinski definition) is 6. The number of thiazole rings is 1. The van der Waals surface area contributed by atoms with E-state index in [0.29, 0.717) is 24.5 Å². The maximum absolute atomic E-state index is 12.0. The first-order valence-corrected chi connectivity index (χ1v) is 8.09. The molecule has 0 spiro atoms. The van der Waals surface area contributed by atoms with Crippen molar-refractivity contribution in [1.29, 1.82) is 0 Å². The minimum Gasteiger partial charge on any atom is -0.491 e. The van der Waals surface area contributed by atoms with Crippen LogP contribution in [0.15, 0.2) is 36.7 Å². The van der Waals surface area contributed by atoms with Crippen molar-refractivity contribution in [2.24, 2.45) is 0 Å². The van der Waals surface area contributed by atoms with E-state index >= 15 is 0 Å².